The van der Waals surface area contributed by atoms with Crippen LogP contribution in [0.5, 0.6) is 11.5 Å². The van der Waals surface area contributed by atoms with Gasteiger partial charge in [0.25, 0.3) is 5.91 Å². The van der Waals surface area contributed by atoms with E-state index in [2.05, 4.69) is 10.2 Å². The smallest absolute Gasteiger partial charge is 0.255 e. The lowest BCUT2D eigenvalue weighted by molar-refractivity contribution is 0.102. The molecule has 9 heteroatoms. The fourth-order valence-corrected chi connectivity index (χ4v) is 5.80. The number of piperazine rings is 1. The molecule has 3 aromatic carbocycles. The maximum Gasteiger partial charge on any atom is 0.255 e. The van der Waals surface area contributed by atoms with Gasteiger partial charge in [-0.25, -0.2) is 8.42 Å². The number of rotatable bonds is 6. The minimum absolute atomic E-state index is 0.233. The summed E-state index contributed by atoms with van der Waals surface area (Å²) in [6.07, 6.45) is 0. The van der Waals surface area contributed by atoms with E-state index in [1.165, 1.54) is 4.31 Å². The van der Waals surface area contributed by atoms with E-state index in [1.807, 2.05) is 24.3 Å². The normalized spacial score (nSPS) is 16.3. The van der Waals surface area contributed by atoms with Crippen LogP contribution in [0.15, 0.2) is 71.6 Å². The number of benzene rings is 3. The summed E-state index contributed by atoms with van der Waals surface area (Å²) in [4.78, 5) is 14.9. The van der Waals surface area contributed by atoms with E-state index in [1.54, 1.807) is 49.4 Å². The number of hydrogen-bond donors (Lipinski definition) is 1. The number of anilines is 1. The van der Waals surface area contributed by atoms with Crippen LogP contribution in [-0.4, -0.2) is 56.5 Å². The molecule has 1 saturated heterocycles. The van der Waals surface area contributed by atoms with Gasteiger partial charge in [-0.3, -0.25) is 9.69 Å². The van der Waals surface area contributed by atoms with Crippen LogP contribution in [0.3, 0.4) is 0 Å². The van der Waals surface area contributed by atoms with Crippen molar-refractivity contribution in [3.8, 4) is 11.5 Å². The summed E-state index contributed by atoms with van der Waals surface area (Å²) in [5.74, 6) is 1.27. The van der Waals surface area contributed by atoms with Gasteiger partial charge in [0.1, 0.15) is 0 Å². The van der Waals surface area contributed by atoms with Crippen LogP contribution in [0.4, 0.5) is 5.69 Å². The monoisotopic (exact) mass is 493 g/mol. The van der Waals surface area contributed by atoms with Gasteiger partial charge < -0.3 is 14.8 Å². The van der Waals surface area contributed by atoms with Crippen molar-refractivity contribution >= 4 is 21.6 Å². The number of fused-ring (bicyclic) bond motifs is 1. The van der Waals surface area contributed by atoms with Crippen LogP contribution >= 0.6 is 0 Å². The molecular weight excluding hydrogens is 466 g/mol. The SMILES string of the molecule is Cc1cc(S(=O)(=O)N2CCN(Cc3ccc4c(c3)OCO4)CC2)ccc1NC(=O)c1ccccc1. The molecule has 0 aliphatic carbocycles. The van der Waals surface area contributed by atoms with Gasteiger partial charge >= 0.3 is 0 Å². The molecule has 1 N–H and O–H groups in total. The Kier molecular flexibility index (Phi) is 6.46. The molecule has 2 aliphatic rings. The van der Waals surface area contributed by atoms with Crippen molar-refractivity contribution in [2.75, 3.05) is 38.3 Å². The predicted octanol–water partition coefficient (Wildman–Crippen LogP) is 3.48. The molecule has 35 heavy (non-hydrogen) atoms. The zero-order valence-corrected chi connectivity index (χ0v) is 20.3. The van der Waals surface area contributed by atoms with Gasteiger partial charge in [0, 0.05) is 44.0 Å². The number of amides is 1. The third kappa shape index (κ3) is 5.02. The molecule has 0 spiro atoms. The summed E-state index contributed by atoms with van der Waals surface area (Å²) in [7, 11) is -3.63. The van der Waals surface area contributed by atoms with Crippen molar-refractivity contribution in [2.24, 2.45) is 0 Å². The third-order valence-corrected chi connectivity index (χ3v) is 8.19. The topological polar surface area (TPSA) is 88.2 Å². The molecule has 1 amide bonds. The molecule has 0 atom stereocenters. The Morgan fingerprint density at radius 3 is 2.40 bits per heavy atom. The Morgan fingerprint density at radius 1 is 0.914 bits per heavy atom. The molecule has 1 fully saturated rings. The van der Waals surface area contributed by atoms with Crippen molar-refractivity contribution in [2.45, 2.75) is 18.4 Å². The zero-order valence-electron chi connectivity index (χ0n) is 19.4. The number of nitrogens with one attached hydrogen (secondary N) is 1. The van der Waals surface area contributed by atoms with Crippen LogP contribution in [0.2, 0.25) is 0 Å². The summed E-state index contributed by atoms with van der Waals surface area (Å²) < 4.78 is 38.9. The first kappa shape index (κ1) is 23.3. The van der Waals surface area contributed by atoms with E-state index in [4.69, 9.17) is 9.47 Å². The molecule has 182 valence electrons. The van der Waals surface area contributed by atoms with Gasteiger partial charge in [0.15, 0.2) is 11.5 Å². The van der Waals surface area contributed by atoms with Crippen LogP contribution in [0, 0.1) is 6.92 Å². The summed E-state index contributed by atoms with van der Waals surface area (Å²) in [5, 5.41) is 2.86. The van der Waals surface area contributed by atoms with E-state index in [9.17, 15) is 13.2 Å². The minimum atomic E-state index is -3.63. The number of sulfonamides is 1. The van der Waals surface area contributed by atoms with Crippen molar-refractivity contribution in [1.82, 2.24) is 9.21 Å². The summed E-state index contributed by atoms with van der Waals surface area (Å²) in [6, 6.07) is 19.6. The molecular formula is C26H27N3O5S. The summed E-state index contributed by atoms with van der Waals surface area (Å²) in [6.45, 7) is 4.87. The van der Waals surface area contributed by atoms with Crippen LogP contribution in [0.1, 0.15) is 21.5 Å². The van der Waals surface area contributed by atoms with Gasteiger partial charge in [-0.15, -0.1) is 0 Å². The van der Waals surface area contributed by atoms with E-state index in [0.717, 1.165) is 23.6 Å². The Bertz CT molecular complexity index is 1340. The van der Waals surface area contributed by atoms with Gasteiger partial charge in [-0.1, -0.05) is 24.3 Å². The first-order valence-corrected chi connectivity index (χ1v) is 12.9. The Balaban J connectivity index is 1.21. The average Bonchev–Trinajstić information content (AvgIpc) is 3.34. The predicted molar refractivity (Wildman–Crippen MR) is 132 cm³/mol. The highest BCUT2D eigenvalue weighted by Crippen LogP contribution is 2.33. The second-order valence-corrected chi connectivity index (χ2v) is 10.6. The van der Waals surface area contributed by atoms with Gasteiger partial charge in [-0.2, -0.15) is 4.31 Å². The molecule has 0 unspecified atom stereocenters. The molecule has 0 saturated carbocycles. The van der Waals surface area contributed by atoms with Crippen molar-refractivity contribution in [3.63, 3.8) is 0 Å². The third-order valence-electron chi connectivity index (χ3n) is 6.29. The minimum Gasteiger partial charge on any atom is -0.454 e. The van der Waals surface area contributed by atoms with Crippen molar-refractivity contribution in [3.05, 3.63) is 83.4 Å². The lowest BCUT2D eigenvalue weighted by atomic mass is 10.1. The first-order chi connectivity index (χ1) is 16.9. The number of carbonyl (C=O) groups is 1. The fraction of sp³-hybridized carbons (Fsp3) is 0.269. The highest BCUT2D eigenvalue weighted by Gasteiger charge is 2.29. The van der Waals surface area contributed by atoms with Crippen LogP contribution in [-0.2, 0) is 16.6 Å². The van der Waals surface area contributed by atoms with Crippen molar-refractivity contribution in [1.29, 1.82) is 0 Å². The quantitative estimate of drug-likeness (QED) is 0.566. The van der Waals surface area contributed by atoms with E-state index < -0.39 is 10.0 Å². The maximum atomic E-state index is 13.3. The molecule has 0 aromatic heterocycles. The van der Waals surface area contributed by atoms with E-state index in [0.29, 0.717) is 43.0 Å². The number of carbonyl (C=O) groups excluding carboxylic acids is 1. The molecule has 2 heterocycles. The fourth-order valence-electron chi connectivity index (χ4n) is 4.30. The zero-order chi connectivity index (χ0) is 24.4. The standard InChI is InChI=1S/C26H27N3O5S/c1-19-15-22(8-9-23(19)27-26(30)21-5-3-2-4-6-21)35(31,32)29-13-11-28(12-14-29)17-20-7-10-24-25(16-20)34-18-33-24/h2-10,15-16H,11-14,17-18H2,1H3,(H,27,30). The van der Waals surface area contributed by atoms with Gasteiger partial charge in [-0.05, 0) is 60.5 Å². The van der Waals surface area contributed by atoms with Crippen LogP contribution < -0.4 is 14.8 Å². The molecule has 0 bridgehead atoms. The molecule has 0 radical (unpaired) electrons. The number of hydrogen-bond acceptors (Lipinski definition) is 6. The van der Waals surface area contributed by atoms with E-state index in [-0.39, 0.29) is 17.6 Å². The lowest BCUT2D eigenvalue weighted by Crippen LogP contribution is -2.48. The average molecular weight is 494 g/mol. The number of ether oxygens (including phenoxy) is 2. The highest BCUT2D eigenvalue weighted by molar-refractivity contribution is 7.89. The molecule has 5 rings (SSSR count). The summed E-state index contributed by atoms with van der Waals surface area (Å²) in [5.41, 5.74) is 2.93. The second kappa shape index (κ2) is 9.69. The number of aryl methyl sites for hydroxylation is 1. The summed E-state index contributed by atoms with van der Waals surface area (Å²) >= 11 is 0. The molecule has 8 nitrogen and oxygen atoms in total. The van der Waals surface area contributed by atoms with E-state index >= 15 is 0 Å². The van der Waals surface area contributed by atoms with Crippen LogP contribution in [0.25, 0.3) is 0 Å². The maximum absolute atomic E-state index is 13.3. The van der Waals surface area contributed by atoms with Crippen molar-refractivity contribution < 1.29 is 22.7 Å². The highest BCUT2D eigenvalue weighted by atomic mass is 32.2. The first-order valence-electron chi connectivity index (χ1n) is 11.5. The largest absolute Gasteiger partial charge is 0.454 e. The Hall–Kier alpha value is -3.40. The van der Waals surface area contributed by atoms with Gasteiger partial charge in [0.2, 0.25) is 16.8 Å². The molecule has 3 aromatic rings. The van der Waals surface area contributed by atoms with Gasteiger partial charge in [0.05, 0.1) is 4.90 Å². The Labute approximate surface area is 205 Å². The lowest BCUT2D eigenvalue weighted by Gasteiger charge is -2.34. The second-order valence-electron chi connectivity index (χ2n) is 8.66. The number of nitrogens with zero attached hydrogens (tertiary/aromatic N) is 2. The Morgan fingerprint density at radius 2 is 1.66 bits per heavy atom. The molecule has 2 aliphatic heterocycles.